The molecule has 0 aromatic carbocycles. The van der Waals surface area contributed by atoms with Crippen LogP contribution >= 0.6 is 0 Å². The summed E-state index contributed by atoms with van der Waals surface area (Å²) >= 11 is 0. The molecule has 1 aromatic rings. The van der Waals surface area contributed by atoms with Crippen molar-refractivity contribution in [1.82, 2.24) is 14.9 Å². The lowest BCUT2D eigenvalue weighted by Crippen LogP contribution is -2.34. The van der Waals surface area contributed by atoms with Crippen molar-refractivity contribution in [2.45, 2.75) is 51.9 Å². The van der Waals surface area contributed by atoms with E-state index in [9.17, 15) is 0 Å². The van der Waals surface area contributed by atoms with Crippen molar-refractivity contribution < 1.29 is 0 Å². The van der Waals surface area contributed by atoms with E-state index >= 15 is 0 Å². The van der Waals surface area contributed by atoms with Crippen LogP contribution in [0.2, 0.25) is 0 Å². The highest BCUT2D eigenvalue weighted by atomic mass is 15.1. The molecule has 0 amide bonds. The molecule has 102 valence electrons. The molecule has 0 bridgehead atoms. The fraction of sp³-hybridized carbons (Fsp3) is 0.800. The zero-order valence-corrected chi connectivity index (χ0v) is 11.7. The number of piperidine rings is 1. The van der Waals surface area contributed by atoms with Crippen molar-refractivity contribution in [2.75, 3.05) is 19.6 Å². The Morgan fingerprint density at radius 1 is 1.33 bits per heavy atom. The summed E-state index contributed by atoms with van der Waals surface area (Å²) in [6, 6.07) is 0. The largest absolute Gasteiger partial charge is 0.349 e. The van der Waals surface area contributed by atoms with E-state index in [1.54, 1.807) is 0 Å². The van der Waals surface area contributed by atoms with Gasteiger partial charge in [0.2, 0.25) is 0 Å². The summed E-state index contributed by atoms with van der Waals surface area (Å²) in [4.78, 5) is 10.1. The maximum atomic E-state index is 4.27. The number of aryl methyl sites for hydroxylation is 1. The van der Waals surface area contributed by atoms with Crippen LogP contribution in [0.25, 0.3) is 0 Å². The quantitative estimate of drug-likeness (QED) is 0.804. The van der Waals surface area contributed by atoms with Gasteiger partial charge >= 0.3 is 0 Å². The third kappa shape index (κ3) is 4.45. The van der Waals surface area contributed by atoms with Gasteiger partial charge in [-0.2, -0.15) is 0 Å². The Labute approximate surface area is 111 Å². The van der Waals surface area contributed by atoms with Gasteiger partial charge in [-0.3, -0.25) is 0 Å². The molecule has 0 spiro atoms. The second kappa shape index (κ2) is 7.57. The lowest BCUT2D eigenvalue weighted by molar-refractivity contribution is 0.176. The first-order valence-corrected chi connectivity index (χ1v) is 7.59. The molecule has 3 nitrogen and oxygen atoms in total. The van der Waals surface area contributed by atoms with E-state index in [0.717, 1.165) is 18.2 Å². The fourth-order valence-corrected chi connectivity index (χ4v) is 2.90. The van der Waals surface area contributed by atoms with Gasteiger partial charge in [0.15, 0.2) is 0 Å². The number of aromatic amines is 1. The van der Waals surface area contributed by atoms with E-state index < -0.39 is 0 Å². The second-order valence-electron chi connectivity index (χ2n) is 5.57. The Kier molecular flexibility index (Phi) is 5.72. The predicted molar refractivity (Wildman–Crippen MR) is 75.6 cm³/mol. The van der Waals surface area contributed by atoms with Gasteiger partial charge < -0.3 is 9.88 Å². The van der Waals surface area contributed by atoms with E-state index in [1.165, 1.54) is 58.2 Å². The van der Waals surface area contributed by atoms with E-state index in [0.29, 0.717) is 0 Å². The summed E-state index contributed by atoms with van der Waals surface area (Å²) in [5.74, 6) is 2.14. The standard InChI is InChI=1S/C15H27N3/c1-2-3-5-14-7-12-18(13-8-14)11-4-6-15-16-9-10-17-15/h9-10,14H,2-8,11-13H2,1H3,(H,16,17). The Morgan fingerprint density at radius 2 is 2.17 bits per heavy atom. The zero-order valence-electron chi connectivity index (χ0n) is 11.7. The summed E-state index contributed by atoms with van der Waals surface area (Å²) in [7, 11) is 0. The molecular formula is C15H27N3. The molecular weight excluding hydrogens is 222 g/mol. The lowest BCUT2D eigenvalue weighted by atomic mass is 9.91. The zero-order chi connectivity index (χ0) is 12.6. The lowest BCUT2D eigenvalue weighted by Gasteiger charge is -2.31. The van der Waals surface area contributed by atoms with Gasteiger partial charge in [-0.05, 0) is 44.8 Å². The van der Waals surface area contributed by atoms with Crippen LogP contribution in [0, 0.1) is 5.92 Å². The van der Waals surface area contributed by atoms with Crippen LogP contribution < -0.4 is 0 Å². The topological polar surface area (TPSA) is 31.9 Å². The molecule has 2 heterocycles. The number of H-pyrrole nitrogens is 1. The molecule has 18 heavy (non-hydrogen) atoms. The van der Waals surface area contributed by atoms with Gasteiger partial charge in [0.25, 0.3) is 0 Å². The number of imidazole rings is 1. The van der Waals surface area contributed by atoms with Crippen LogP contribution in [-0.4, -0.2) is 34.5 Å². The minimum atomic E-state index is 1.01. The SMILES string of the molecule is CCCCC1CCN(CCCc2ncc[nH]2)CC1. The molecule has 0 unspecified atom stereocenters. The third-order valence-electron chi connectivity index (χ3n) is 4.12. The number of hydrogen-bond donors (Lipinski definition) is 1. The van der Waals surface area contributed by atoms with Crippen LogP contribution in [0.3, 0.4) is 0 Å². The molecule has 3 heteroatoms. The van der Waals surface area contributed by atoms with E-state index in [2.05, 4.69) is 21.8 Å². The maximum absolute atomic E-state index is 4.27. The van der Waals surface area contributed by atoms with Gasteiger partial charge in [-0.25, -0.2) is 4.98 Å². The Balaban J connectivity index is 1.56. The fourth-order valence-electron chi connectivity index (χ4n) is 2.90. The smallest absolute Gasteiger partial charge is 0.106 e. The van der Waals surface area contributed by atoms with Gasteiger partial charge in [-0.1, -0.05) is 26.2 Å². The number of hydrogen-bond acceptors (Lipinski definition) is 2. The first kappa shape index (κ1) is 13.6. The van der Waals surface area contributed by atoms with Crippen molar-refractivity contribution in [3.8, 4) is 0 Å². The van der Waals surface area contributed by atoms with E-state index in [1.807, 2.05) is 12.4 Å². The van der Waals surface area contributed by atoms with Crippen molar-refractivity contribution >= 4 is 0 Å². The molecule has 1 saturated heterocycles. The van der Waals surface area contributed by atoms with Crippen LogP contribution in [0.1, 0.15) is 51.3 Å². The molecule has 1 aliphatic heterocycles. The Bertz CT molecular complexity index is 300. The normalized spacial score (nSPS) is 18.3. The Hall–Kier alpha value is -0.830. The van der Waals surface area contributed by atoms with E-state index in [4.69, 9.17) is 0 Å². The van der Waals surface area contributed by atoms with Crippen molar-refractivity contribution in [1.29, 1.82) is 0 Å². The first-order chi connectivity index (χ1) is 8.88. The third-order valence-corrected chi connectivity index (χ3v) is 4.12. The summed E-state index contributed by atoms with van der Waals surface area (Å²) < 4.78 is 0. The highest BCUT2D eigenvalue weighted by molar-refractivity contribution is 4.87. The average Bonchev–Trinajstić information content (AvgIpc) is 2.91. The van der Waals surface area contributed by atoms with Crippen molar-refractivity contribution in [2.24, 2.45) is 5.92 Å². The highest BCUT2D eigenvalue weighted by Crippen LogP contribution is 2.22. The van der Waals surface area contributed by atoms with Gasteiger partial charge in [-0.15, -0.1) is 0 Å². The number of aromatic nitrogens is 2. The van der Waals surface area contributed by atoms with Crippen LogP contribution in [0.5, 0.6) is 0 Å². The summed E-state index contributed by atoms with van der Waals surface area (Å²) in [5, 5.41) is 0. The van der Waals surface area contributed by atoms with Crippen LogP contribution in [0.15, 0.2) is 12.4 Å². The van der Waals surface area contributed by atoms with Gasteiger partial charge in [0.1, 0.15) is 5.82 Å². The number of rotatable bonds is 7. The summed E-state index contributed by atoms with van der Waals surface area (Å²) in [5.41, 5.74) is 0. The maximum Gasteiger partial charge on any atom is 0.106 e. The molecule has 0 aliphatic carbocycles. The molecule has 1 aliphatic rings. The minimum Gasteiger partial charge on any atom is -0.349 e. The first-order valence-electron chi connectivity index (χ1n) is 7.59. The molecule has 2 rings (SSSR count). The highest BCUT2D eigenvalue weighted by Gasteiger charge is 2.18. The molecule has 1 N–H and O–H groups in total. The summed E-state index contributed by atoms with van der Waals surface area (Å²) in [6.45, 7) is 6.16. The number of nitrogens with one attached hydrogen (secondary N) is 1. The summed E-state index contributed by atoms with van der Waals surface area (Å²) in [6.07, 6.45) is 13.1. The van der Waals surface area contributed by atoms with Crippen LogP contribution in [-0.2, 0) is 6.42 Å². The van der Waals surface area contributed by atoms with Gasteiger partial charge in [0, 0.05) is 18.8 Å². The Morgan fingerprint density at radius 3 is 2.83 bits per heavy atom. The predicted octanol–water partition coefficient (Wildman–Crippen LogP) is 3.24. The van der Waals surface area contributed by atoms with Crippen molar-refractivity contribution in [3.05, 3.63) is 18.2 Å². The van der Waals surface area contributed by atoms with E-state index in [-0.39, 0.29) is 0 Å². The second-order valence-corrected chi connectivity index (χ2v) is 5.57. The molecule has 0 radical (unpaired) electrons. The molecule has 1 fully saturated rings. The molecule has 1 aromatic heterocycles. The van der Waals surface area contributed by atoms with Crippen molar-refractivity contribution in [3.63, 3.8) is 0 Å². The molecule has 0 saturated carbocycles. The van der Waals surface area contributed by atoms with Crippen LogP contribution in [0.4, 0.5) is 0 Å². The number of unbranched alkanes of at least 4 members (excludes halogenated alkanes) is 1. The monoisotopic (exact) mass is 249 g/mol. The average molecular weight is 249 g/mol. The number of likely N-dealkylation sites (tertiary alicyclic amines) is 1. The minimum absolute atomic E-state index is 1.01. The molecule has 0 atom stereocenters. The van der Waals surface area contributed by atoms with Gasteiger partial charge in [0.05, 0.1) is 0 Å². The number of nitrogens with zero attached hydrogens (tertiary/aromatic N) is 2.